The molecule has 0 aliphatic heterocycles. The molecular formula is C14H20N2O2. The lowest BCUT2D eigenvalue weighted by Gasteiger charge is -2.09. The van der Waals surface area contributed by atoms with E-state index >= 15 is 0 Å². The summed E-state index contributed by atoms with van der Waals surface area (Å²) in [4.78, 5) is 11.5. The van der Waals surface area contributed by atoms with Crippen molar-refractivity contribution in [3.63, 3.8) is 0 Å². The Kier molecular flexibility index (Phi) is 4.59. The van der Waals surface area contributed by atoms with Gasteiger partial charge in [0.1, 0.15) is 5.75 Å². The van der Waals surface area contributed by atoms with Crippen LogP contribution >= 0.6 is 0 Å². The Bertz CT molecular complexity index is 403. The first-order valence-electron chi connectivity index (χ1n) is 6.41. The van der Waals surface area contributed by atoms with Crippen LogP contribution in [0, 0.1) is 0 Å². The van der Waals surface area contributed by atoms with Gasteiger partial charge in [-0.25, -0.2) is 0 Å². The van der Waals surface area contributed by atoms with Crippen LogP contribution in [0.1, 0.15) is 24.8 Å². The van der Waals surface area contributed by atoms with Gasteiger partial charge in [-0.05, 0) is 18.9 Å². The minimum absolute atomic E-state index is 0.144. The molecule has 1 saturated carbocycles. The average Bonchev–Trinajstić information content (AvgIpc) is 3.19. The van der Waals surface area contributed by atoms with Gasteiger partial charge in [-0.15, -0.1) is 0 Å². The Morgan fingerprint density at radius 1 is 1.39 bits per heavy atom. The normalized spacial score (nSPS) is 14.3. The number of para-hydroxylation sites is 1. The number of benzene rings is 1. The molecule has 4 heteroatoms. The molecule has 2 N–H and O–H groups in total. The number of ether oxygens (including phenoxy) is 1. The zero-order valence-electron chi connectivity index (χ0n) is 10.7. The summed E-state index contributed by atoms with van der Waals surface area (Å²) in [5.74, 6) is 1.03. The third-order valence-electron chi connectivity index (χ3n) is 2.98. The predicted octanol–water partition coefficient (Wildman–Crippen LogP) is 1.45. The summed E-state index contributed by atoms with van der Waals surface area (Å²) in [6.45, 7) is 1.41. The Morgan fingerprint density at radius 3 is 2.89 bits per heavy atom. The maximum Gasteiger partial charge on any atom is 0.221 e. The minimum Gasteiger partial charge on any atom is -0.496 e. The molecule has 2 rings (SSSR count). The second-order valence-corrected chi connectivity index (χ2v) is 4.58. The first kappa shape index (κ1) is 12.9. The number of hydrogen-bond acceptors (Lipinski definition) is 3. The fourth-order valence-electron chi connectivity index (χ4n) is 1.80. The van der Waals surface area contributed by atoms with E-state index < -0.39 is 0 Å². The van der Waals surface area contributed by atoms with E-state index in [9.17, 15) is 4.79 Å². The molecule has 1 aliphatic rings. The number of nitrogens with one attached hydrogen (secondary N) is 2. The van der Waals surface area contributed by atoms with Gasteiger partial charge in [0.15, 0.2) is 0 Å². The van der Waals surface area contributed by atoms with Gasteiger partial charge in [0, 0.05) is 31.1 Å². The van der Waals surface area contributed by atoms with E-state index in [0.29, 0.717) is 19.0 Å². The van der Waals surface area contributed by atoms with Crippen LogP contribution in [-0.4, -0.2) is 25.6 Å². The SMILES string of the molecule is COc1ccccc1CNCCC(=O)NC1CC1. The molecule has 1 aromatic rings. The molecule has 0 radical (unpaired) electrons. The molecule has 0 bridgehead atoms. The van der Waals surface area contributed by atoms with Gasteiger partial charge in [-0.2, -0.15) is 0 Å². The van der Waals surface area contributed by atoms with Gasteiger partial charge in [-0.3, -0.25) is 4.79 Å². The summed E-state index contributed by atoms with van der Waals surface area (Å²) in [5, 5.41) is 6.23. The molecule has 0 spiro atoms. The summed E-state index contributed by atoms with van der Waals surface area (Å²) in [7, 11) is 1.67. The van der Waals surface area contributed by atoms with Crippen molar-refractivity contribution in [3.05, 3.63) is 29.8 Å². The van der Waals surface area contributed by atoms with Gasteiger partial charge in [-0.1, -0.05) is 18.2 Å². The van der Waals surface area contributed by atoms with Crippen LogP contribution in [0.5, 0.6) is 5.75 Å². The first-order chi connectivity index (χ1) is 8.79. The number of amides is 1. The van der Waals surface area contributed by atoms with Crippen molar-refractivity contribution in [1.82, 2.24) is 10.6 Å². The molecule has 18 heavy (non-hydrogen) atoms. The van der Waals surface area contributed by atoms with E-state index in [1.807, 2.05) is 24.3 Å². The molecule has 1 fully saturated rings. The molecule has 0 aromatic heterocycles. The number of methoxy groups -OCH3 is 1. The highest BCUT2D eigenvalue weighted by atomic mass is 16.5. The fourth-order valence-corrected chi connectivity index (χ4v) is 1.80. The van der Waals surface area contributed by atoms with Gasteiger partial charge < -0.3 is 15.4 Å². The molecule has 4 nitrogen and oxygen atoms in total. The molecule has 98 valence electrons. The minimum atomic E-state index is 0.144. The quantitative estimate of drug-likeness (QED) is 0.718. The van der Waals surface area contributed by atoms with Crippen molar-refractivity contribution < 1.29 is 9.53 Å². The van der Waals surface area contributed by atoms with E-state index in [0.717, 1.165) is 30.7 Å². The molecule has 0 atom stereocenters. The first-order valence-corrected chi connectivity index (χ1v) is 6.41. The number of carbonyl (C=O) groups excluding carboxylic acids is 1. The van der Waals surface area contributed by atoms with Crippen LogP contribution in [0.25, 0.3) is 0 Å². The number of rotatable bonds is 7. The highest BCUT2D eigenvalue weighted by Gasteiger charge is 2.22. The number of carbonyl (C=O) groups is 1. The molecule has 0 saturated heterocycles. The second-order valence-electron chi connectivity index (χ2n) is 4.58. The van der Waals surface area contributed by atoms with Crippen LogP contribution in [0.15, 0.2) is 24.3 Å². The average molecular weight is 248 g/mol. The van der Waals surface area contributed by atoms with Crippen molar-refractivity contribution in [2.75, 3.05) is 13.7 Å². The van der Waals surface area contributed by atoms with Crippen molar-refractivity contribution in [2.45, 2.75) is 31.8 Å². The molecular weight excluding hydrogens is 228 g/mol. The smallest absolute Gasteiger partial charge is 0.221 e. The largest absolute Gasteiger partial charge is 0.496 e. The molecule has 1 aliphatic carbocycles. The maximum absolute atomic E-state index is 11.5. The predicted molar refractivity (Wildman–Crippen MR) is 70.5 cm³/mol. The van der Waals surface area contributed by atoms with Crippen molar-refractivity contribution in [2.24, 2.45) is 0 Å². The second kappa shape index (κ2) is 6.40. The summed E-state index contributed by atoms with van der Waals surface area (Å²) in [6.07, 6.45) is 2.81. The van der Waals surface area contributed by atoms with E-state index in [-0.39, 0.29) is 5.91 Å². The Balaban J connectivity index is 1.66. The van der Waals surface area contributed by atoms with E-state index in [4.69, 9.17) is 4.74 Å². The molecule has 0 unspecified atom stereocenters. The van der Waals surface area contributed by atoms with E-state index in [2.05, 4.69) is 10.6 Å². The summed E-state index contributed by atoms with van der Waals surface area (Å²) in [6, 6.07) is 8.35. The zero-order valence-corrected chi connectivity index (χ0v) is 10.7. The van der Waals surface area contributed by atoms with E-state index in [1.54, 1.807) is 7.11 Å². The van der Waals surface area contributed by atoms with Gasteiger partial charge in [0.05, 0.1) is 7.11 Å². The third-order valence-corrected chi connectivity index (χ3v) is 2.98. The van der Waals surface area contributed by atoms with Gasteiger partial charge in [0.25, 0.3) is 0 Å². The topological polar surface area (TPSA) is 50.4 Å². The van der Waals surface area contributed by atoms with Crippen molar-refractivity contribution in [1.29, 1.82) is 0 Å². The number of hydrogen-bond donors (Lipinski definition) is 2. The van der Waals surface area contributed by atoms with Crippen LogP contribution in [0.4, 0.5) is 0 Å². The lowest BCUT2D eigenvalue weighted by atomic mass is 10.2. The van der Waals surface area contributed by atoms with Crippen LogP contribution < -0.4 is 15.4 Å². The maximum atomic E-state index is 11.5. The van der Waals surface area contributed by atoms with Crippen LogP contribution in [0.2, 0.25) is 0 Å². The van der Waals surface area contributed by atoms with Gasteiger partial charge >= 0.3 is 0 Å². The van der Waals surface area contributed by atoms with Crippen molar-refractivity contribution >= 4 is 5.91 Å². The van der Waals surface area contributed by atoms with Crippen molar-refractivity contribution in [3.8, 4) is 5.75 Å². The Labute approximate surface area is 108 Å². The van der Waals surface area contributed by atoms with Crippen LogP contribution in [-0.2, 0) is 11.3 Å². The molecule has 1 aromatic carbocycles. The standard InChI is InChI=1S/C14H20N2O2/c1-18-13-5-3-2-4-11(13)10-15-9-8-14(17)16-12-6-7-12/h2-5,12,15H,6-10H2,1H3,(H,16,17). The fraction of sp³-hybridized carbons (Fsp3) is 0.500. The van der Waals surface area contributed by atoms with E-state index in [1.165, 1.54) is 0 Å². The van der Waals surface area contributed by atoms with Crippen LogP contribution in [0.3, 0.4) is 0 Å². The Hall–Kier alpha value is -1.55. The summed E-state index contributed by atoms with van der Waals surface area (Å²) < 4.78 is 5.27. The lowest BCUT2D eigenvalue weighted by Crippen LogP contribution is -2.29. The third kappa shape index (κ3) is 4.04. The summed E-state index contributed by atoms with van der Waals surface area (Å²) >= 11 is 0. The van der Waals surface area contributed by atoms with Gasteiger partial charge in [0.2, 0.25) is 5.91 Å². The Morgan fingerprint density at radius 2 is 2.17 bits per heavy atom. The molecule has 0 heterocycles. The zero-order chi connectivity index (χ0) is 12.8. The highest BCUT2D eigenvalue weighted by Crippen LogP contribution is 2.18. The molecule has 1 amide bonds. The summed E-state index contributed by atoms with van der Waals surface area (Å²) in [5.41, 5.74) is 1.11. The highest BCUT2D eigenvalue weighted by molar-refractivity contribution is 5.76. The monoisotopic (exact) mass is 248 g/mol. The lowest BCUT2D eigenvalue weighted by molar-refractivity contribution is -0.121.